The van der Waals surface area contributed by atoms with Crippen molar-refractivity contribution in [3.8, 4) is 28.2 Å². The lowest BCUT2D eigenvalue weighted by Crippen LogP contribution is -2.75. The molecule has 0 N–H and O–H groups in total. The third-order valence-electron chi connectivity index (χ3n) is 14.8. The molecule has 0 aliphatic heterocycles. The summed E-state index contributed by atoms with van der Waals surface area (Å²) in [6, 6.07) is 101. The second-order valence-corrected chi connectivity index (χ2v) is 22.2. The maximum Gasteiger partial charge on any atom is 0.180 e. The zero-order valence-corrected chi connectivity index (χ0v) is 39.3. The van der Waals surface area contributed by atoms with Crippen LogP contribution in [0.2, 0.25) is 0 Å². The van der Waals surface area contributed by atoms with Crippen LogP contribution in [-0.4, -0.2) is 21.8 Å². The van der Waals surface area contributed by atoms with Crippen LogP contribution in [-0.2, 0) is 0 Å². The molecule has 0 unspecified atom stereocenters. The van der Waals surface area contributed by atoms with Crippen LogP contribution < -0.4 is 20.7 Å². The lowest BCUT2D eigenvalue weighted by molar-refractivity contribution is 1.09. The molecule has 0 saturated carbocycles. The molecule has 14 aromatic rings. The van der Waals surface area contributed by atoms with E-state index in [2.05, 4.69) is 287 Å². The smallest absolute Gasteiger partial charge is 0.180 e. The van der Waals surface area contributed by atoms with Gasteiger partial charge in [-0.2, -0.15) is 0 Å². The van der Waals surface area contributed by atoms with E-state index < -0.39 is 8.07 Å². The van der Waals surface area contributed by atoms with Gasteiger partial charge in [-0.3, -0.25) is 0 Å². The first-order valence-electron chi connectivity index (χ1n) is 24.2. The molecule has 3 aromatic heterocycles. The first-order valence-corrected chi connectivity index (χ1v) is 26.2. The summed E-state index contributed by atoms with van der Waals surface area (Å²) in [7, 11) is -2.82. The number of aromatic nitrogens is 3. The van der Waals surface area contributed by atoms with Crippen molar-refractivity contribution in [3.63, 3.8) is 0 Å². The molecule has 0 aliphatic carbocycles. The van der Waals surface area contributed by atoms with E-state index in [1.54, 1.807) is 0 Å². The molecule has 0 amide bonds. The molecule has 0 radical (unpaired) electrons. The van der Waals surface area contributed by atoms with Crippen LogP contribution in [0.25, 0.3) is 93.6 Å². The van der Waals surface area contributed by atoms with E-state index in [0.717, 1.165) is 17.1 Å². The fourth-order valence-corrected chi connectivity index (χ4v) is 16.9. The maximum absolute atomic E-state index is 2.82. The van der Waals surface area contributed by atoms with Crippen LogP contribution in [0, 0.1) is 0 Å². The molecule has 3 heterocycles. The predicted molar refractivity (Wildman–Crippen MR) is 299 cm³/mol. The van der Waals surface area contributed by atoms with Crippen LogP contribution in [0.3, 0.4) is 0 Å². The Kier molecular flexibility index (Phi) is 9.23. The van der Waals surface area contributed by atoms with Gasteiger partial charge in [0.1, 0.15) is 0 Å². The Morgan fingerprint density at radius 3 is 1.11 bits per heavy atom. The summed E-state index contributed by atoms with van der Waals surface area (Å²) < 4.78 is 7.37. The average molecular weight is 908 g/mol. The fraction of sp³-hybridized carbons (Fsp3) is 0. The van der Waals surface area contributed by atoms with E-state index in [4.69, 9.17) is 0 Å². The number of hydrogen-bond donors (Lipinski definition) is 0. The van der Waals surface area contributed by atoms with E-state index in [-0.39, 0.29) is 0 Å². The Balaban J connectivity index is 0.965. The third kappa shape index (κ3) is 5.94. The molecule has 4 heteroatoms. The molecule has 14 rings (SSSR count). The number of rotatable bonds is 8. The second kappa shape index (κ2) is 16.1. The Morgan fingerprint density at radius 1 is 0.243 bits per heavy atom. The first-order chi connectivity index (χ1) is 34.8. The van der Waals surface area contributed by atoms with Crippen molar-refractivity contribution in [1.29, 1.82) is 0 Å². The minimum atomic E-state index is -2.82. The third-order valence-corrected chi connectivity index (χ3v) is 19.6. The van der Waals surface area contributed by atoms with Gasteiger partial charge in [0, 0.05) is 38.0 Å². The lowest BCUT2D eigenvalue weighted by Gasteiger charge is -2.36. The predicted octanol–water partition coefficient (Wildman–Crippen LogP) is 14.0. The van der Waals surface area contributed by atoms with E-state index in [1.807, 2.05) is 0 Å². The van der Waals surface area contributed by atoms with Gasteiger partial charge in [-0.25, -0.2) is 0 Å². The van der Waals surface area contributed by atoms with Gasteiger partial charge in [0.2, 0.25) is 0 Å². The van der Waals surface area contributed by atoms with E-state index in [9.17, 15) is 0 Å². The molecule has 0 aliphatic rings. The fourth-order valence-electron chi connectivity index (χ4n) is 11.9. The number of benzene rings is 11. The van der Waals surface area contributed by atoms with Crippen molar-refractivity contribution in [1.82, 2.24) is 13.7 Å². The second-order valence-electron chi connectivity index (χ2n) is 18.4. The van der Waals surface area contributed by atoms with Crippen LogP contribution >= 0.6 is 0 Å². The molecule has 0 saturated heterocycles. The summed E-state index contributed by atoms with van der Waals surface area (Å²) in [5, 5.41) is 12.9. The molecule has 328 valence electrons. The Bertz CT molecular complexity index is 4150. The van der Waals surface area contributed by atoms with Gasteiger partial charge in [0.25, 0.3) is 0 Å². The van der Waals surface area contributed by atoms with Crippen molar-refractivity contribution in [2.75, 3.05) is 0 Å². The van der Waals surface area contributed by atoms with Gasteiger partial charge in [-0.1, -0.05) is 206 Å². The van der Waals surface area contributed by atoms with E-state index >= 15 is 0 Å². The van der Waals surface area contributed by atoms with Gasteiger partial charge in [-0.05, 0) is 98.6 Å². The number of fused-ring (bicyclic) bond motifs is 9. The highest BCUT2D eigenvalue weighted by atomic mass is 28.3. The summed E-state index contributed by atoms with van der Waals surface area (Å²) in [6.07, 6.45) is 0. The highest BCUT2D eigenvalue weighted by molar-refractivity contribution is 7.20. The van der Waals surface area contributed by atoms with Gasteiger partial charge < -0.3 is 13.7 Å². The molecule has 0 spiro atoms. The van der Waals surface area contributed by atoms with Gasteiger partial charge in [0.05, 0.1) is 44.5 Å². The summed E-state index contributed by atoms with van der Waals surface area (Å²) in [4.78, 5) is 0. The topological polar surface area (TPSA) is 14.8 Å². The number of hydrogen-bond acceptors (Lipinski definition) is 0. The Morgan fingerprint density at radius 2 is 0.600 bits per heavy atom. The zero-order chi connectivity index (χ0) is 46.2. The zero-order valence-electron chi connectivity index (χ0n) is 38.3. The van der Waals surface area contributed by atoms with Crippen LogP contribution in [0.4, 0.5) is 0 Å². The molecule has 70 heavy (non-hydrogen) atoms. The molecule has 0 fully saturated rings. The SMILES string of the molecule is c1ccc([Si](c2ccccc2)(c2ccccc2)c2ccccc2-c2ccc3c(c2)c2ccccc2n3-c2ccc3c(c2)c2ccccc2n3-c2ccccc2-n2c3ccccc3c3ccccc32)cc1. The lowest BCUT2D eigenvalue weighted by atomic mass is 10.0. The number of para-hydroxylation sites is 6. The highest BCUT2D eigenvalue weighted by Gasteiger charge is 2.43. The minimum Gasteiger partial charge on any atom is -0.309 e. The maximum atomic E-state index is 2.47. The molecule has 3 nitrogen and oxygen atoms in total. The van der Waals surface area contributed by atoms with Crippen molar-refractivity contribution < 1.29 is 0 Å². The average Bonchev–Trinajstić information content (AvgIpc) is 4.07. The largest absolute Gasteiger partial charge is 0.309 e. The summed E-state index contributed by atoms with van der Waals surface area (Å²) in [5.74, 6) is 0. The standard InChI is InChI=1S/C66H45N3Si/c1-4-22-48(23-5-1)70(49-24-6-2-7-25-49,50-26-8-3-9-27-50)66-39-21-14-28-51(66)46-40-42-62-56(44-46)54-31-12-15-33-58(54)67(62)47-41-43-63-57(45-47)55-32-13-18-36-61(55)69(63)65-38-20-19-37-64(65)68-59-34-16-10-29-52(59)53-30-11-17-35-60(53)68/h1-45H. The molecule has 0 bridgehead atoms. The molecular weight excluding hydrogens is 863 g/mol. The summed E-state index contributed by atoms with van der Waals surface area (Å²) in [5.41, 5.74) is 13.0. The van der Waals surface area contributed by atoms with Gasteiger partial charge in [-0.15, -0.1) is 0 Å². The van der Waals surface area contributed by atoms with Gasteiger partial charge >= 0.3 is 0 Å². The Labute approximate surface area is 407 Å². The Hall–Kier alpha value is -8.96. The molecule has 0 atom stereocenters. The minimum absolute atomic E-state index is 1.13. The number of nitrogens with zero attached hydrogens (tertiary/aromatic N) is 3. The van der Waals surface area contributed by atoms with Crippen molar-refractivity contribution in [2.24, 2.45) is 0 Å². The van der Waals surface area contributed by atoms with Crippen LogP contribution in [0.15, 0.2) is 273 Å². The molecule has 11 aromatic carbocycles. The van der Waals surface area contributed by atoms with E-state index in [1.165, 1.54) is 97.3 Å². The van der Waals surface area contributed by atoms with Gasteiger partial charge in [0.15, 0.2) is 8.07 Å². The first kappa shape index (κ1) is 40.1. The van der Waals surface area contributed by atoms with Crippen LogP contribution in [0.1, 0.15) is 0 Å². The summed E-state index contributed by atoms with van der Waals surface area (Å²) in [6.45, 7) is 0. The van der Waals surface area contributed by atoms with Crippen molar-refractivity contribution in [3.05, 3.63) is 273 Å². The van der Waals surface area contributed by atoms with Crippen molar-refractivity contribution >= 4 is 94.2 Å². The highest BCUT2D eigenvalue weighted by Crippen LogP contribution is 2.41. The normalized spacial score (nSPS) is 12.0. The van der Waals surface area contributed by atoms with Crippen molar-refractivity contribution in [2.45, 2.75) is 0 Å². The summed E-state index contributed by atoms with van der Waals surface area (Å²) >= 11 is 0. The van der Waals surface area contributed by atoms with E-state index in [0.29, 0.717) is 0 Å². The van der Waals surface area contributed by atoms with Crippen LogP contribution in [0.5, 0.6) is 0 Å². The quantitative estimate of drug-likeness (QED) is 0.107. The molecular formula is C66H45N3Si. The monoisotopic (exact) mass is 907 g/mol.